The number of aldehydes is 1. The summed E-state index contributed by atoms with van der Waals surface area (Å²) in [6.45, 7) is 3.83. The third-order valence-corrected chi connectivity index (χ3v) is 4.02. The molecule has 3 aromatic rings. The lowest BCUT2D eigenvalue weighted by atomic mass is 10.1. The Balaban J connectivity index is 0.000000321. The number of carbonyl (C=O) groups excluding carboxylic acids is 1. The molecule has 1 atom stereocenters. The molecule has 0 aliphatic rings. The fraction of sp³-hybridized carbons (Fsp3) is 0.238. The number of benzene rings is 2. The predicted octanol–water partition coefficient (Wildman–Crippen LogP) is 4.36. The highest BCUT2D eigenvalue weighted by atomic mass is 19.1. The summed E-state index contributed by atoms with van der Waals surface area (Å²) in [5.41, 5.74) is 8.64. The number of rotatable bonds is 5. The van der Waals surface area contributed by atoms with E-state index in [0.717, 1.165) is 23.2 Å². The second-order valence-electron chi connectivity index (χ2n) is 6.37. The minimum absolute atomic E-state index is 0.275. The summed E-state index contributed by atoms with van der Waals surface area (Å²) < 4.78 is 18.5. The van der Waals surface area contributed by atoms with Crippen molar-refractivity contribution >= 4 is 12.0 Å². The maximum atomic E-state index is 13.2. The number of nitrogens with zero attached hydrogens (tertiary/aromatic N) is 1. The van der Waals surface area contributed by atoms with Gasteiger partial charge in [-0.15, -0.1) is 0 Å². The standard InChI is InChI=1S/C16H13FN2O.C5H11NO/c1-18-14-7-5-11(6-8-14)15-10-16(20-19-15)12-3-2-4-13(17)9-12;1-4(2)5(6)3-7/h2-10,18H,1H3;3-5H,6H2,1-2H3. The van der Waals surface area contributed by atoms with Crippen LogP contribution in [0, 0.1) is 11.7 Å². The van der Waals surface area contributed by atoms with Crippen LogP contribution >= 0.6 is 0 Å². The fourth-order valence-corrected chi connectivity index (χ4v) is 2.15. The molecule has 0 fully saturated rings. The van der Waals surface area contributed by atoms with Gasteiger partial charge in [-0.3, -0.25) is 0 Å². The van der Waals surface area contributed by atoms with Gasteiger partial charge in [-0.1, -0.05) is 43.3 Å². The van der Waals surface area contributed by atoms with Crippen molar-refractivity contribution in [2.24, 2.45) is 11.7 Å². The van der Waals surface area contributed by atoms with Crippen molar-refractivity contribution in [3.05, 3.63) is 60.4 Å². The number of halogens is 1. The SMILES string of the molecule is CC(C)C(N)C=O.CNc1ccc(-c2cc(-c3cccc(F)c3)on2)cc1. The molecule has 0 aliphatic carbocycles. The van der Waals surface area contributed by atoms with Crippen LogP contribution in [0.4, 0.5) is 10.1 Å². The molecule has 3 N–H and O–H groups in total. The van der Waals surface area contributed by atoms with Crippen LogP contribution in [0.3, 0.4) is 0 Å². The predicted molar refractivity (Wildman–Crippen MR) is 106 cm³/mol. The minimum atomic E-state index is -0.293. The summed E-state index contributed by atoms with van der Waals surface area (Å²) in [6, 6.07) is 15.6. The van der Waals surface area contributed by atoms with Gasteiger partial charge in [0.1, 0.15) is 17.8 Å². The molecule has 27 heavy (non-hydrogen) atoms. The smallest absolute Gasteiger partial charge is 0.167 e. The molecule has 0 radical (unpaired) electrons. The molecular formula is C21H24FN3O2. The highest BCUT2D eigenvalue weighted by Crippen LogP contribution is 2.27. The first-order valence-corrected chi connectivity index (χ1v) is 8.66. The first kappa shape index (κ1) is 20.3. The summed E-state index contributed by atoms with van der Waals surface area (Å²) in [4.78, 5) is 9.82. The van der Waals surface area contributed by atoms with Gasteiger partial charge in [0.05, 0.1) is 6.04 Å². The van der Waals surface area contributed by atoms with Gasteiger partial charge in [-0.05, 0) is 30.2 Å². The number of nitrogens with one attached hydrogen (secondary N) is 1. The van der Waals surface area contributed by atoms with Gasteiger partial charge >= 0.3 is 0 Å². The summed E-state index contributed by atoms with van der Waals surface area (Å²) in [7, 11) is 1.87. The normalized spacial score (nSPS) is 11.5. The van der Waals surface area contributed by atoms with Crippen LogP contribution in [0.5, 0.6) is 0 Å². The van der Waals surface area contributed by atoms with E-state index in [-0.39, 0.29) is 17.8 Å². The number of carbonyl (C=O) groups is 1. The topological polar surface area (TPSA) is 81.2 Å². The van der Waals surface area contributed by atoms with Crippen LogP contribution in [-0.2, 0) is 4.79 Å². The molecule has 0 aliphatic heterocycles. The Morgan fingerprint density at radius 1 is 1.11 bits per heavy atom. The maximum Gasteiger partial charge on any atom is 0.167 e. The van der Waals surface area contributed by atoms with Crippen molar-refractivity contribution in [2.75, 3.05) is 12.4 Å². The van der Waals surface area contributed by atoms with Crippen molar-refractivity contribution in [3.8, 4) is 22.6 Å². The summed E-state index contributed by atoms with van der Waals surface area (Å²) in [6.07, 6.45) is 0.769. The van der Waals surface area contributed by atoms with Gasteiger partial charge < -0.3 is 20.4 Å². The third-order valence-electron chi connectivity index (χ3n) is 4.02. The molecule has 0 amide bonds. The van der Waals surface area contributed by atoms with E-state index in [1.807, 2.05) is 51.2 Å². The Bertz CT molecular complexity index is 860. The Hall–Kier alpha value is -2.99. The van der Waals surface area contributed by atoms with Crippen LogP contribution in [0.25, 0.3) is 22.6 Å². The Morgan fingerprint density at radius 2 is 1.81 bits per heavy atom. The molecule has 3 rings (SSSR count). The van der Waals surface area contributed by atoms with Gasteiger partial charge in [0.15, 0.2) is 5.76 Å². The maximum absolute atomic E-state index is 13.2. The lowest BCUT2D eigenvalue weighted by molar-refractivity contribution is -0.109. The van der Waals surface area contributed by atoms with E-state index in [1.165, 1.54) is 12.1 Å². The zero-order valence-corrected chi connectivity index (χ0v) is 15.6. The van der Waals surface area contributed by atoms with Crippen molar-refractivity contribution in [1.82, 2.24) is 5.16 Å². The lowest BCUT2D eigenvalue weighted by Gasteiger charge is -2.04. The Kier molecular flexibility index (Phi) is 7.25. The molecule has 2 aromatic carbocycles. The molecule has 0 saturated carbocycles. The van der Waals surface area contributed by atoms with Crippen LogP contribution in [0.1, 0.15) is 13.8 Å². The van der Waals surface area contributed by atoms with Gasteiger partial charge in [0.25, 0.3) is 0 Å². The van der Waals surface area contributed by atoms with Crippen molar-refractivity contribution in [1.29, 1.82) is 0 Å². The summed E-state index contributed by atoms with van der Waals surface area (Å²) in [5.74, 6) is 0.536. The molecule has 1 heterocycles. The largest absolute Gasteiger partial charge is 0.388 e. The Morgan fingerprint density at radius 3 is 2.33 bits per heavy atom. The number of anilines is 1. The average molecular weight is 369 g/mol. The zero-order valence-electron chi connectivity index (χ0n) is 15.6. The highest BCUT2D eigenvalue weighted by molar-refractivity contribution is 5.68. The molecule has 5 nitrogen and oxygen atoms in total. The number of aromatic nitrogens is 1. The van der Waals surface area contributed by atoms with E-state index < -0.39 is 0 Å². The molecule has 6 heteroatoms. The monoisotopic (exact) mass is 369 g/mol. The molecule has 1 aromatic heterocycles. The number of nitrogens with two attached hydrogens (primary N) is 1. The van der Waals surface area contributed by atoms with Gasteiger partial charge in [-0.2, -0.15) is 0 Å². The first-order chi connectivity index (χ1) is 12.9. The fourth-order valence-electron chi connectivity index (χ4n) is 2.15. The van der Waals surface area contributed by atoms with Crippen LogP contribution in [-0.4, -0.2) is 24.5 Å². The molecular weight excluding hydrogens is 345 g/mol. The van der Waals surface area contributed by atoms with Crippen LogP contribution < -0.4 is 11.1 Å². The minimum Gasteiger partial charge on any atom is -0.388 e. The summed E-state index contributed by atoms with van der Waals surface area (Å²) >= 11 is 0. The van der Waals surface area contributed by atoms with Gasteiger partial charge in [0.2, 0.25) is 0 Å². The molecule has 0 bridgehead atoms. The molecule has 0 saturated heterocycles. The van der Waals surface area contributed by atoms with E-state index in [0.29, 0.717) is 11.3 Å². The number of hydrogen-bond acceptors (Lipinski definition) is 5. The quantitative estimate of drug-likeness (QED) is 0.653. The van der Waals surface area contributed by atoms with E-state index in [9.17, 15) is 9.18 Å². The van der Waals surface area contributed by atoms with Gasteiger partial charge in [-0.25, -0.2) is 4.39 Å². The van der Waals surface area contributed by atoms with E-state index in [4.69, 9.17) is 10.3 Å². The molecule has 1 unspecified atom stereocenters. The van der Waals surface area contributed by atoms with E-state index in [2.05, 4.69) is 10.5 Å². The van der Waals surface area contributed by atoms with Gasteiger partial charge in [0, 0.05) is 29.9 Å². The Labute approximate surface area is 158 Å². The zero-order chi connectivity index (χ0) is 19.8. The lowest BCUT2D eigenvalue weighted by Crippen LogP contribution is -2.27. The van der Waals surface area contributed by atoms with Crippen molar-refractivity contribution in [2.45, 2.75) is 19.9 Å². The summed E-state index contributed by atoms with van der Waals surface area (Å²) in [5, 5.41) is 7.09. The molecule has 0 spiro atoms. The second kappa shape index (κ2) is 9.64. The average Bonchev–Trinajstić information content (AvgIpc) is 3.18. The van der Waals surface area contributed by atoms with Crippen LogP contribution in [0.15, 0.2) is 59.1 Å². The van der Waals surface area contributed by atoms with E-state index in [1.54, 1.807) is 12.1 Å². The third kappa shape index (κ3) is 5.76. The van der Waals surface area contributed by atoms with Crippen molar-refractivity contribution in [3.63, 3.8) is 0 Å². The number of hydrogen-bond donors (Lipinski definition) is 2. The van der Waals surface area contributed by atoms with Crippen molar-refractivity contribution < 1.29 is 13.7 Å². The second-order valence-corrected chi connectivity index (χ2v) is 6.37. The first-order valence-electron chi connectivity index (χ1n) is 8.66. The highest BCUT2D eigenvalue weighted by Gasteiger charge is 2.09. The van der Waals surface area contributed by atoms with E-state index >= 15 is 0 Å². The molecule has 142 valence electrons. The van der Waals surface area contributed by atoms with Crippen LogP contribution in [0.2, 0.25) is 0 Å².